The van der Waals surface area contributed by atoms with Crippen molar-refractivity contribution in [3.05, 3.63) is 85.7 Å². The minimum atomic E-state index is -0.803. The molecule has 3 aromatic heterocycles. The number of carbonyl (C=O) groups is 1. The average molecular weight is 481 g/mol. The molecule has 0 amide bonds. The SMILES string of the molecule is COC(=O)CC(c1ccc(C)o1)c1oc(CN2C[C@H]3C[C@@H](C2)c2cccc(=O)n2C3)cc(=O)c1O. The van der Waals surface area contributed by atoms with Crippen LogP contribution >= 0.6 is 0 Å². The Morgan fingerprint density at radius 1 is 1.17 bits per heavy atom. The van der Waals surface area contributed by atoms with Crippen molar-refractivity contribution in [1.29, 1.82) is 0 Å². The van der Waals surface area contributed by atoms with Gasteiger partial charge in [0.2, 0.25) is 11.2 Å². The summed E-state index contributed by atoms with van der Waals surface area (Å²) in [6, 6.07) is 10.1. The number of furan rings is 1. The first-order valence-corrected chi connectivity index (χ1v) is 11.7. The highest BCUT2D eigenvalue weighted by molar-refractivity contribution is 5.71. The van der Waals surface area contributed by atoms with Gasteiger partial charge in [0.1, 0.15) is 17.3 Å². The van der Waals surface area contributed by atoms with Gasteiger partial charge in [-0.15, -0.1) is 0 Å². The number of carbonyl (C=O) groups excluding carboxylic acids is 1. The third-order valence-corrected chi connectivity index (χ3v) is 6.95. The van der Waals surface area contributed by atoms with Crippen LogP contribution < -0.4 is 11.0 Å². The fraction of sp³-hybridized carbons (Fsp3) is 0.423. The first-order chi connectivity index (χ1) is 16.8. The number of aryl methyl sites for hydroxylation is 1. The van der Waals surface area contributed by atoms with Gasteiger partial charge in [-0.25, -0.2) is 0 Å². The Balaban J connectivity index is 1.44. The van der Waals surface area contributed by atoms with Crippen LogP contribution in [0.1, 0.15) is 53.4 Å². The first-order valence-electron chi connectivity index (χ1n) is 11.7. The van der Waals surface area contributed by atoms with E-state index in [0.717, 1.165) is 25.2 Å². The van der Waals surface area contributed by atoms with E-state index < -0.39 is 23.1 Å². The smallest absolute Gasteiger partial charge is 0.306 e. The van der Waals surface area contributed by atoms with Crippen molar-refractivity contribution >= 4 is 5.97 Å². The second-order valence-corrected chi connectivity index (χ2v) is 9.46. The van der Waals surface area contributed by atoms with Gasteiger partial charge in [-0.3, -0.25) is 19.3 Å². The number of pyridine rings is 1. The van der Waals surface area contributed by atoms with Crippen LogP contribution in [0.15, 0.2) is 54.8 Å². The third-order valence-electron chi connectivity index (χ3n) is 6.95. The van der Waals surface area contributed by atoms with Crippen molar-refractivity contribution in [2.24, 2.45) is 5.92 Å². The Morgan fingerprint density at radius 2 is 2.00 bits per heavy atom. The van der Waals surface area contributed by atoms with Crippen LogP contribution in [0.25, 0.3) is 0 Å². The Kier molecular flexibility index (Phi) is 6.10. The lowest BCUT2D eigenvalue weighted by molar-refractivity contribution is -0.141. The molecule has 0 aliphatic carbocycles. The highest BCUT2D eigenvalue weighted by Crippen LogP contribution is 2.37. The van der Waals surface area contributed by atoms with E-state index in [4.69, 9.17) is 13.6 Å². The number of methoxy groups -OCH3 is 1. The largest absolute Gasteiger partial charge is 0.502 e. The normalized spacial score (nSPS) is 20.3. The van der Waals surface area contributed by atoms with E-state index in [0.29, 0.717) is 36.3 Å². The quantitative estimate of drug-likeness (QED) is 0.536. The molecular formula is C26H28N2O7. The van der Waals surface area contributed by atoms with Gasteiger partial charge in [-0.05, 0) is 37.5 Å². The number of hydrogen-bond donors (Lipinski definition) is 1. The van der Waals surface area contributed by atoms with E-state index in [9.17, 15) is 19.5 Å². The lowest BCUT2D eigenvalue weighted by Gasteiger charge is -2.42. The van der Waals surface area contributed by atoms with E-state index in [1.807, 2.05) is 10.6 Å². The van der Waals surface area contributed by atoms with E-state index in [2.05, 4.69) is 4.90 Å². The highest BCUT2D eigenvalue weighted by atomic mass is 16.5. The average Bonchev–Trinajstić information content (AvgIpc) is 3.26. The van der Waals surface area contributed by atoms with Gasteiger partial charge >= 0.3 is 5.97 Å². The molecule has 1 saturated heterocycles. The van der Waals surface area contributed by atoms with Crippen molar-refractivity contribution in [2.45, 2.75) is 44.7 Å². The monoisotopic (exact) mass is 480 g/mol. The number of fused-ring (bicyclic) bond motifs is 4. The first kappa shape index (κ1) is 23.2. The highest BCUT2D eigenvalue weighted by Gasteiger charge is 2.35. The van der Waals surface area contributed by atoms with Crippen molar-refractivity contribution in [3.8, 4) is 5.75 Å². The molecule has 2 aliphatic rings. The minimum absolute atomic E-state index is 0.0126. The van der Waals surface area contributed by atoms with Gasteiger partial charge in [-0.2, -0.15) is 0 Å². The Hall–Kier alpha value is -3.59. The summed E-state index contributed by atoms with van der Waals surface area (Å²) in [5, 5.41) is 10.6. The minimum Gasteiger partial charge on any atom is -0.502 e. The molecule has 1 fully saturated rings. The molecule has 3 aromatic rings. The van der Waals surface area contributed by atoms with E-state index in [1.54, 1.807) is 31.2 Å². The number of hydrogen-bond acceptors (Lipinski definition) is 8. The lowest BCUT2D eigenvalue weighted by atomic mass is 9.83. The molecule has 184 valence electrons. The van der Waals surface area contributed by atoms with Gasteiger partial charge in [0.05, 0.1) is 26.0 Å². The van der Waals surface area contributed by atoms with Gasteiger partial charge in [-0.1, -0.05) is 6.07 Å². The summed E-state index contributed by atoms with van der Waals surface area (Å²) in [4.78, 5) is 39.3. The fourth-order valence-electron chi connectivity index (χ4n) is 5.43. The van der Waals surface area contributed by atoms with Crippen molar-refractivity contribution in [3.63, 3.8) is 0 Å². The van der Waals surface area contributed by atoms with Gasteiger partial charge < -0.3 is 23.2 Å². The maximum absolute atomic E-state index is 12.7. The van der Waals surface area contributed by atoms with Crippen LogP contribution in [0.3, 0.4) is 0 Å². The molecule has 0 spiro atoms. The van der Waals surface area contributed by atoms with Gasteiger partial charge in [0.25, 0.3) is 5.56 Å². The molecular weight excluding hydrogens is 452 g/mol. The number of rotatable bonds is 6. The molecule has 0 saturated carbocycles. The molecule has 0 radical (unpaired) electrons. The van der Waals surface area contributed by atoms with Crippen LogP contribution in [-0.4, -0.2) is 40.7 Å². The molecule has 2 bridgehead atoms. The van der Waals surface area contributed by atoms with Gasteiger partial charge in [0, 0.05) is 43.4 Å². The standard InChI is InChI=1S/C26H28N2O7/c1-15-6-7-22(34-15)19(10-24(31)33-2)26-25(32)21(29)9-18(35-26)14-27-11-16-8-17(13-27)20-4-3-5-23(30)28(20)12-16/h3-7,9,16-17,19,32H,8,10-14H2,1-2H3/t16-,17+,19?/m1/s1. The topological polar surface area (TPSA) is 115 Å². The van der Waals surface area contributed by atoms with Crippen molar-refractivity contribution < 1.29 is 23.5 Å². The summed E-state index contributed by atoms with van der Waals surface area (Å²) >= 11 is 0. The Morgan fingerprint density at radius 3 is 2.74 bits per heavy atom. The summed E-state index contributed by atoms with van der Waals surface area (Å²) < 4.78 is 18.5. The Bertz CT molecular complexity index is 1370. The zero-order valence-corrected chi connectivity index (χ0v) is 19.7. The molecule has 35 heavy (non-hydrogen) atoms. The molecule has 2 aliphatic heterocycles. The summed E-state index contributed by atoms with van der Waals surface area (Å²) in [5.74, 6) is 0.0941. The van der Waals surface area contributed by atoms with E-state index >= 15 is 0 Å². The molecule has 5 rings (SSSR count). The molecule has 1 unspecified atom stereocenters. The summed E-state index contributed by atoms with van der Waals surface area (Å²) in [7, 11) is 1.28. The van der Waals surface area contributed by atoms with Crippen LogP contribution in [0.4, 0.5) is 0 Å². The van der Waals surface area contributed by atoms with Gasteiger partial charge in [0.15, 0.2) is 5.76 Å². The number of piperidine rings is 1. The molecule has 0 aromatic carbocycles. The third kappa shape index (κ3) is 4.55. The summed E-state index contributed by atoms with van der Waals surface area (Å²) in [6.45, 7) is 4.30. The fourth-order valence-corrected chi connectivity index (χ4v) is 5.43. The number of aromatic hydroxyl groups is 1. The second kappa shape index (κ2) is 9.22. The number of aromatic nitrogens is 1. The second-order valence-electron chi connectivity index (χ2n) is 9.46. The van der Waals surface area contributed by atoms with Crippen molar-refractivity contribution in [1.82, 2.24) is 9.47 Å². The predicted molar refractivity (Wildman–Crippen MR) is 125 cm³/mol. The Labute approximate surface area is 201 Å². The maximum Gasteiger partial charge on any atom is 0.306 e. The molecule has 1 N–H and O–H groups in total. The zero-order chi connectivity index (χ0) is 24.7. The van der Waals surface area contributed by atoms with E-state index in [1.165, 1.54) is 13.2 Å². The van der Waals surface area contributed by atoms with E-state index in [-0.39, 0.29) is 23.7 Å². The predicted octanol–water partition coefficient (Wildman–Crippen LogP) is 2.72. The number of ether oxygens (including phenoxy) is 1. The molecule has 9 heteroatoms. The maximum atomic E-state index is 12.7. The van der Waals surface area contributed by atoms with Crippen LogP contribution in [-0.2, 0) is 22.6 Å². The zero-order valence-electron chi connectivity index (χ0n) is 19.7. The van der Waals surface area contributed by atoms with Crippen LogP contribution in [0.5, 0.6) is 5.75 Å². The number of esters is 1. The van der Waals surface area contributed by atoms with Crippen molar-refractivity contribution in [2.75, 3.05) is 20.2 Å². The summed E-state index contributed by atoms with van der Waals surface area (Å²) in [6.07, 6.45) is 0.868. The lowest BCUT2D eigenvalue weighted by Crippen LogP contribution is -2.46. The van der Waals surface area contributed by atoms with Crippen LogP contribution in [0.2, 0.25) is 0 Å². The molecule has 5 heterocycles. The molecule has 3 atom stereocenters. The summed E-state index contributed by atoms with van der Waals surface area (Å²) in [5.41, 5.74) is 0.496. The molecule has 9 nitrogen and oxygen atoms in total. The number of nitrogens with zero attached hydrogens (tertiary/aromatic N) is 2. The van der Waals surface area contributed by atoms with Crippen LogP contribution in [0, 0.1) is 12.8 Å². The number of likely N-dealkylation sites (tertiary alicyclic amines) is 1.